The summed E-state index contributed by atoms with van der Waals surface area (Å²) in [7, 11) is -3.70. The lowest BCUT2D eigenvalue weighted by Crippen LogP contribution is -2.40. The normalized spacial score (nSPS) is 12.0. The fraction of sp³-hybridized carbons (Fsp3) is 0.235. The van der Waals surface area contributed by atoms with E-state index >= 15 is 0 Å². The number of rotatable bonds is 4. The monoisotopic (exact) mass is 333 g/mol. The Hall–Kier alpha value is -2.18. The Bertz CT molecular complexity index is 793. The van der Waals surface area contributed by atoms with Crippen molar-refractivity contribution in [1.29, 1.82) is 0 Å². The van der Waals surface area contributed by atoms with Gasteiger partial charge in [0.2, 0.25) is 10.0 Å². The van der Waals surface area contributed by atoms with E-state index in [9.17, 15) is 13.2 Å². The Morgan fingerprint density at radius 2 is 1.65 bits per heavy atom. The first-order valence-electron chi connectivity index (χ1n) is 7.09. The summed E-state index contributed by atoms with van der Waals surface area (Å²) < 4.78 is 32.4. The lowest BCUT2D eigenvalue weighted by atomic mass is 10.1. The summed E-state index contributed by atoms with van der Waals surface area (Å²) in [5, 5.41) is 0. The molecule has 0 spiro atoms. The highest BCUT2D eigenvalue weighted by Gasteiger charge is 2.23. The van der Waals surface area contributed by atoms with Gasteiger partial charge in [-0.25, -0.2) is 17.9 Å². The molecule has 0 aliphatic rings. The van der Waals surface area contributed by atoms with Crippen LogP contribution in [0.4, 0.5) is 0 Å². The van der Waals surface area contributed by atoms with E-state index in [1.54, 1.807) is 45.0 Å². The summed E-state index contributed by atoms with van der Waals surface area (Å²) in [6, 6.07) is 14.4. The van der Waals surface area contributed by atoms with Gasteiger partial charge in [-0.15, -0.1) is 0 Å². The molecule has 0 atom stereocenters. The molecular formula is C17H19NO4S. The Morgan fingerprint density at radius 3 is 2.26 bits per heavy atom. The molecule has 2 rings (SSSR count). The number of ether oxygens (including phenoxy) is 1. The third-order valence-electron chi connectivity index (χ3n) is 2.77. The van der Waals surface area contributed by atoms with Crippen molar-refractivity contribution in [2.75, 3.05) is 0 Å². The zero-order chi connectivity index (χ0) is 17.1. The smallest absolute Gasteiger partial charge is 0.343 e. The maximum absolute atomic E-state index is 12.3. The van der Waals surface area contributed by atoms with Crippen LogP contribution in [0.5, 0.6) is 5.75 Å². The van der Waals surface area contributed by atoms with E-state index in [1.807, 2.05) is 6.07 Å². The molecule has 5 nitrogen and oxygen atoms in total. The van der Waals surface area contributed by atoms with Gasteiger partial charge in [-0.3, -0.25) is 0 Å². The van der Waals surface area contributed by atoms with E-state index in [0.717, 1.165) is 0 Å². The Morgan fingerprint density at radius 1 is 1.00 bits per heavy atom. The second kappa shape index (κ2) is 6.52. The first-order valence-corrected chi connectivity index (χ1v) is 8.57. The first kappa shape index (κ1) is 17.2. The first-order chi connectivity index (χ1) is 10.7. The number of hydrogen-bond donors (Lipinski definition) is 1. The number of benzene rings is 2. The third-order valence-corrected chi connectivity index (χ3v) is 4.53. The minimum absolute atomic E-state index is 0.0231. The minimum atomic E-state index is -3.70. The molecule has 1 N–H and O–H groups in total. The van der Waals surface area contributed by atoms with Crippen LogP contribution in [-0.2, 0) is 10.0 Å². The number of carbonyl (C=O) groups is 1. The van der Waals surface area contributed by atoms with Gasteiger partial charge >= 0.3 is 5.97 Å². The zero-order valence-corrected chi connectivity index (χ0v) is 14.1. The summed E-state index contributed by atoms with van der Waals surface area (Å²) in [5.74, 6) is -0.206. The number of nitrogens with one attached hydrogen (secondary N) is 1. The van der Waals surface area contributed by atoms with E-state index in [4.69, 9.17) is 4.74 Å². The fourth-order valence-electron chi connectivity index (χ4n) is 1.91. The Kier molecular flexibility index (Phi) is 4.87. The molecule has 2 aromatic carbocycles. The lowest BCUT2D eigenvalue weighted by Gasteiger charge is -2.20. The van der Waals surface area contributed by atoms with Gasteiger partial charge in [0, 0.05) is 5.54 Å². The van der Waals surface area contributed by atoms with Crippen LogP contribution in [0, 0.1) is 0 Å². The van der Waals surface area contributed by atoms with Crippen molar-refractivity contribution in [1.82, 2.24) is 4.72 Å². The number of hydrogen-bond acceptors (Lipinski definition) is 4. The SMILES string of the molecule is CC(C)(C)NS(=O)(=O)c1cccc(C(=O)Oc2ccccc2)c1. The molecular weight excluding hydrogens is 314 g/mol. The van der Waals surface area contributed by atoms with Crippen molar-refractivity contribution in [2.24, 2.45) is 0 Å². The van der Waals surface area contributed by atoms with Gasteiger partial charge in [-0.05, 0) is 51.1 Å². The average molecular weight is 333 g/mol. The second-order valence-corrected chi connectivity index (χ2v) is 7.77. The van der Waals surface area contributed by atoms with Gasteiger partial charge in [0.1, 0.15) is 5.75 Å². The number of sulfonamides is 1. The predicted octanol–water partition coefficient (Wildman–Crippen LogP) is 2.98. The molecule has 0 aliphatic heterocycles. The molecule has 2 aromatic rings. The highest BCUT2D eigenvalue weighted by molar-refractivity contribution is 7.89. The molecule has 0 amide bonds. The molecule has 0 unspecified atom stereocenters. The number of esters is 1. The lowest BCUT2D eigenvalue weighted by molar-refractivity contribution is 0.0734. The number of carbonyl (C=O) groups excluding carboxylic acids is 1. The second-order valence-electron chi connectivity index (χ2n) is 6.09. The standard InChI is InChI=1S/C17H19NO4S/c1-17(2,3)18-23(20,21)15-11-7-8-13(12-15)16(19)22-14-9-5-4-6-10-14/h4-12,18H,1-3H3. The van der Waals surface area contributed by atoms with Crippen LogP contribution in [0.25, 0.3) is 0 Å². The van der Waals surface area contributed by atoms with Gasteiger partial charge in [-0.1, -0.05) is 24.3 Å². The van der Waals surface area contributed by atoms with Crippen LogP contribution in [0.3, 0.4) is 0 Å². The van der Waals surface area contributed by atoms with E-state index < -0.39 is 21.5 Å². The molecule has 0 aliphatic carbocycles. The van der Waals surface area contributed by atoms with Crippen LogP contribution in [0.1, 0.15) is 31.1 Å². The Balaban J connectivity index is 2.24. The molecule has 6 heteroatoms. The topological polar surface area (TPSA) is 72.5 Å². The van der Waals surface area contributed by atoms with Gasteiger partial charge in [-0.2, -0.15) is 0 Å². The van der Waals surface area contributed by atoms with Crippen molar-refractivity contribution >= 4 is 16.0 Å². The highest BCUT2D eigenvalue weighted by atomic mass is 32.2. The maximum atomic E-state index is 12.3. The fourth-order valence-corrected chi connectivity index (χ4v) is 3.37. The van der Waals surface area contributed by atoms with E-state index in [1.165, 1.54) is 24.3 Å². The summed E-state index contributed by atoms with van der Waals surface area (Å²) in [5.41, 5.74) is -0.440. The van der Waals surface area contributed by atoms with E-state index in [-0.39, 0.29) is 10.5 Å². The van der Waals surface area contributed by atoms with Crippen molar-refractivity contribution in [3.05, 3.63) is 60.2 Å². The van der Waals surface area contributed by atoms with Crippen LogP contribution in [0.2, 0.25) is 0 Å². The van der Waals surface area contributed by atoms with E-state index in [2.05, 4.69) is 4.72 Å². The molecule has 0 radical (unpaired) electrons. The van der Waals surface area contributed by atoms with Crippen LogP contribution < -0.4 is 9.46 Å². The molecule has 0 saturated heterocycles. The molecule has 23 heavy (non-hydrogen) atoms. The summed E-state index contributed by atoms with van der Waals surface area (Å²) in [6.07, 6.45) is 0. The molecule has 0 saturated carbocycles. The van der Waals surface area contributed by atoms with Crippen LogP contribution in [-0.4, -0.2) is 19.9 Å². The third kappa shape index (κ3) is 4.91. The average Bonchev–Trinajstić information content (AvgIpc) is 2.46. The summed E-state index contributed by atoms with van der Waals surface area (Å²) >= 11 is 0. The van der Waals surface area contributed by atoms with Crippen LogP contribution in [0.15, 0.2) is 59.5 Å². The minimum Gasteiger partial charge on any atom is -0.423 e. The maximum Gasteiger partial charge on any atom is 0.343 e. The van der Waals surface area contributed by atoms with Gasteiger partial charge in [0.05, 0.1) is 10.5 Å². The van der Waals surface area contributed by atoms with Gasteiger partial charge < -0.3 is 4.74 Å². The molecule has 122 valence electrons. The summed E-state index contributed by atoms with van der Waals surface area (Å²) in [4.78, 5) is 12.2. The zero-order valence-electron chi connectivity index (χ0n) is 13.2. The Labute approximate surface area is 136 Å². The van der Waals surface area contributed by atoms with Gasteiger partial charge in [0.25, 0.3) is 0 Å². The molecule has 0 bridgehead atoms. The van der Waals surface area contributed by atoms with Crippen LogP contribution >= 0.6 is 0 Å². The highest BCUT2D eigenvalue weighted by Crippen LogP contribution is 2.17. The predicted molar refractivity (Wildman–Crippen MR) is 87.9 cm³/mol. The quantitative estimate of drug-likeness (QED) is 0.689. The van der Waals surface area contributed by atoms with Crippen molar-refractivity contribution in [2.45, 2.75) is 31.2 Å². The van der Waals surface area contributed by atoms with Crippen molar-refractivity contribution in [3.63, 3.8) is 0 Å². The van der Waals surface area contributed by atoms with Gasteiger partial charge in [0.15, 0.2) is 0 Å². The number of para-hydroxylation sites is 1. The molecule has 0 heterocycles. The largest absolute Gasteiger partial charge is 0.423 e. The molecule has 0 aromatic heterocycles. The van der Waals surface area contributed by atoms with E-state index in [0.29, 0.717) is 5.75 Å². The molecule has 0 fully saturated rings. The van der Waals surface area contributed by atoms with Crippen molar-refractivity contribution in [3.8, 4) is 5.75 Å². The van der Waals surface area contributed by atoms with Crippen molar-refractivity contribution < 1.29 is 17.9 Å². The summed E-state index contributed by atoms with van der Waals surface area (Å²) in [6.45, 7) is 5.24.